The zero-order valence-electron chi connectivity index (χ0n) is 20.9. The van der Waals surface area contributed by atoms with Gasteiger partial charge in [-0.1, -0.05) is 47.4 Å². The molecule has 1 atom stereocenters. The fourth-order valence-electron chi connectivity index (χ4n) is 4.60. The SMILES string of the molecule is Bc1ccc(-n2cc(C3CCCN3C(=O)OC(C)(C)C)nc2C(C)(C)c2ccccc2Cl)cc1. The van der Waals surface area contributed by atoms with Gasteiger partial charge in [0.2, 0.25) is 0 Å². The number of benzene rings is 2. The first kappa shape index (κ1) is 24.4. The number of rotatable bonds is 4. The van der Waals surface area contributed by atoms with E-state index in [9.17, 15) is 4.79 Å². The molecule has 0 N–H and O–H groups in total. The third kappa shape index (κ3) is 4.88. The zero-order chi connectivity index (χ0) is 24.7. The molecule has 2 heterocycles. The molecule has 178 valence electrons. The van der Waals surface area contributed by atoms with Crippen molar-refractivity contribution in [2.24, 2.45) is 0 Å². The Morgan fingerprint density at radius 3 is 2.41 bits per heavy atom. The molecule has 1 fully saturated rings. The lowest BCUT2D eigenvalue weighted by Gasteiger charge is -2.28. The molecule has 0 bridgehead atoms. The average molecular weight is 478 g/mol. The van der Waals surface area contributed by atoms with Crippen molar-refractivity contribution in [1.29, 1.82) is 0 Å². The maximum absolute atomic E-state index is 13.0. The first-order valence-electron chi connectivity index (χ1n) is 11.9. The van der Waals surface area contributed by atoms with Gasteiger partial charge in [0.05, 0.1) is 11.7 Å². The minimum absolute atomic E-state index is 0.123. The van der Waals surface area contributed by atoms with Gasteiger partial charge in [-0.2, -0.15) is 0 Å². The molecule has 7 heteroatoms. The Kier molecular flexibility index (Phi) is 6.56. The van der Waals surface area contributed by atoms with Crippen LogP contribution < -0.4 is 5.46 Å². The molecule has 2 aromatic carbocycles. The van der Waals surface area contributed by atoms with Gasteiger partial charge in [0.15, 0.2) is 0 Å². The van der Waals surface area contributed by atoms with Gasteiger partial charge < -0.3 is 9.30 Å². The summed E-state index contributed by atoms with van der Waals surface area (Å²) in [5, 5.41) is 0.712. The molecule has 1 aromatic heterocycles. The van der Waals surface area contributed by atoms with E-state index in [4.69, 9.17) is 21.3 Å². The number of halogens is 1. The molecule has 1 amide bonds. The Hall–Kier alpha value is -2.73. The number of hydrogen-bond donors (Lipinski definition) is 0. The standard InChI is InChI=1S/C27H33BClN3O2/c1-26(2,3)34-25(33)31-16-8-11-23(31)22-17-32(19-14-12-18(28)13-15-19)24(30-22)27(4,5)20-9-6-7-10-21(20)29/h6-7,9-10,12-15,17,23H,8,11,16,28H2,1-5H3. The number of amides is 1. The van der Waals surface area contributed by atoms with Gasteiger partial charge in [0.1, 0.15) is 19.3 Å². The van der Waals surface area contributed by atoms with Gasteiger partial charge in [-0.3, -0.25) is 4.90 Å². The molecule has 1 aliphatic rings. The van der Waals surface area contributed by atoms with Crippen molar-refractivity contribution in [2.75, 3.05) is 6.54 Å². The van der Waals surface area contributed by atoms with Crippen molar-refractivity contribution in [3.05, 3.63) is 76.8 Å². The molecular formula is C27H33BClN3O2. The third-order valence-electron chi connectivity index (χ3n) is 6.37. The van der Waals surface area contributed by atoms with E-state index in [2.05, 4.69) is 62.8 Å². The fraction of sp³-hybridized carbons (Fsp3) is 0.407. The predicted octanol–water partition coefficient (Wildman–Crippen LogP) is 5.18. The molecule has 0 saturated carbocycles. The summed E-state index contributed by atoms with van der Waals surface area (Å²) in [6.45, 7) is 10.6. The second kappa shape index (κ2) is 9.14. The Labute approximate surface area is 208 Å². The molecule has 1 unspecified atom stereocenters. The summed E-state index contributed by atoms with van der Waals surface area (Å²) >= 11 is 6.63. The Morgan fingerprint density at radius 2 is 1.76 bits per heavy atom. The number of nitrogens with zero attached hydrogens (tertiary/aromatic N) is 3. The largest absolute Gasteiger partial charge is 0.444 e. The van der Waals surface area contributed by atoms with E-state index in [1.807, 2.05) is 43.9 Å². The van der Waals surface area contributed by atoms with Crippen LogP contribution in [0, 0.1) is 0 Å². The number of ether oxygens (including phenoxy) is 1. The second-order valence-electron chi connectivity index (χ2n) is 10.6. The molecule has 1 aliphatic heterocycles. The molecule has 34 heavy (non-hydrogen) atoms. The zero-order valence-corrected chi connectivity index (χ0v) is 21.7. The normalized spacial score (nSPS) is 16.6. The number of hydrogen-bond acceptors (Lipinski definition) is 3. The van der Waals surface area contributed by atoms with Crippen LogP contribution in [0.2, 0.25) is 5.02 Å². The highest BCUT2D eigenvalue weighted by atomic mass is 35.5. The minimum atomic E-state index is -0.539. The van der Waals surface area contributed by atoms with E-state index in [1.165, 1.54) is 5.46 Å². The van der Waals surface area contributed by atoms with Crippen LogP contribution in [-0.2, 0) is 10.2 Å². The van der Waals surface area contributed by atoms with Crippen LogP contribution in [-0.4, -0.2) is 40.5 Å². The van der Waals surface area contributed by atoms with Crippen molar-refractivity contribution < 1.29 is 9.53 Å². The monoisotopic (exact) mass is 477 g/mol. The Bertz CT molecular complexity index is 1180. The first-order valence-corrected chi connectivity index (χ1v) is 12.3. The van der Waals surface area contributed by atoms with Gasteiger partial charge >= 0.3 is 6.09 Å². The summed E-state index contributed by atoms with van der Waals surface area (Å²) in [5.74, 6) is 0.885. The maximum atomic E-state index is 13.0. The molecule has 4 rings (SSSR count). The van der Waals surface area contributed by atoms with Gasteiger partial charge in [0.25, 0.3) is 0 Å². The van der Waals surface area contributed by atoms with Crippen molar-refractivity contribution in [2.45, 2.75) is 64.5 Å². The maximum Gasteiger partial charge on any atom is 0.410 e. The molecule has 3 aromatic rings. The summed E-state index contributed by atoms with van der Waals surface area (Å²) in [7, 11) is 2.08. The Morgan fingerprint density at radius 1 is 1.09 bits per heavy atom. The molecular weight excluding hydrogens is 445 g/mol. The van der Waals surface area contributed by atoms with Gasteiger partial charge in [-0.15, -0.1) is 0 Å². The lowest BCUT2D eigenvalue weighted by molar-refractivity contribution is 0.0221. The number of aromatic nitrogens is 2. The van der Waals surface area contributed by atoms with Crippen molar-refractivity contribution in [3.8, 4) is 5.69 Å². The van der Waals surface area contributed by atoms with Gasteiger partial charge in [-0.05, 0) is 71.2 Å². The Balaban J connectivity index is 1.81. The van der Waals surface area contributed by atoms with Gasteiger partial charge in [0, 0.05) is 28.9 Å². The molecule has 0 spiro atoms. The van der Waals surface area contributed by atoms with Crippen LogP contribution in [0.15, 0.2) is 54.7 Å². The lowest BCUT2D eigenvalue weighted by atomic mass is 9.83. The van der Waals surface area contributed by atoms with Crippen LogP contribution in [0.5, 0.6) is 0 Å². The van der Waals surface area contributed by atoms with Crippen molar-refractivity contribution in [1.82, 2.24) is 14.5 Å². The number of carbonyl (C=O) groups is 1. The molecule has 5 nitrogen and oxygen atoms in total. The molecule has 0 radical (unpaired) electrons. The van der Waals surface area contributed by atoms with E-state index < -0.39 is 11.0 Å². The first-order chi connectivity index (χ1) is 16.0. The summed E-state index contributed by atoms with van der Waals surface area (Å²) < 4.78 is 7.84. The van der Waals surface area contributed by atoms with Crippen LogP contribution in [0.25, 0.3) is 5.69 Å². The number of likely N-dealkylation sites (tertiary alicyclic amines) is 1. The fourth-order valence-corrected chi connectivity index (χ4v) is 4.98. The van der Waals surface area contributed by atoms with Crippen LogP contribution in [0.3, 0.4) is 0 Å². The lowest BCUT2D eigenvalue weighted by Crippen LogP contribution is -2.36. The quantitative estimate of drug-likeness (QED) is 0.486. The summed E-state index contributed by atoms with van der Waals surface area (Å²) in [6.07, 6.45) is 3.57. The van der Waals surface area contributed by atoms with E-state index in [-0.39, 0.29) is 12.1 Å². The van der Waals surface area contributed by atoms with E-state index in [0.717, 1.165) is 35.6 Å². The molecule has 0 aliphatic carbocycles. The topological polar surface area (TPSA) is 47.4 Å². The van der Waals surface area contributed by atoms with Gasteiger partial charge in [-0.25, -0.2) is 9.78 Å². The summed E-state index contributed by atoms with van der Waals surface area (Å²) in [5.41, 5.74) is 3.11. The van der Waals surface area contributed by atoms with E-state index in [1.54, 1.807) is 0 Å². The highest BCUT2D eigenvalue weighted by molar-refractivity contribution is 6.32. The highest BCUT2D eigenvalue weighted by Crippen LogP contribution is 2.39. The summed E-state index contributed by atoms with van der Waals surface area (Å²) in [4.78, 5) is 19.9. The van der Waals surface area contributed by atoms with Crippen molar-refractivity contribution >= 4 is 31.0 Å². The van der Waals surface area contributed by atoms with E-state index in [0.29, 0.717) is 11.6 Å². The van der Waals surface area contributed by atoms with Crippen LogP contribution >= 0.6 is 11.6 Å². The average Bonchev–Trinajstić information content (AvgIpc) is 3.41. The molecule has 1 saturated heterocycles. The summed E-state index contributed by atoms with van der Waals surface area (Å²) in [6, 6.07) is 16.2. The van der Waals surface area contributed by atoms with E-state index >= 15 is 0 Å². The number of imidazole rings is 1. The minimum Gasteiger partial charge on any atom is -0.444 e. The van der Waals surface area contributed by atoms with Crippen molar-refractivity contribution in [3.63, 3.8) is 0 Å². The predicted molar refractivity (Wildman–Crippen MR) is 140 cm³/mol. The highest BCUT2D eigenvalue weighted by Gasteiger charge is 2.37. The van der Waals surface area contributed by atoms with Crippen LogP contribution in [0.4, 0.5) is 4.79 Å². The van der Waals surface area contributed by atoms with Crippen LogP contribution in [0.1, 0.15) is 70.6 Å². The smallest absolute Gasteiger partial charge is 0.410 e. The second-order valence-corrected chi connectivity index (χ2v) is 11.0. The number of carbonyl (C=O) groups excluding carboxylic acids is 1. The third-order valence-corrected chi connectivity index (χ3v) is 6.69.